The van der Waals surface area contributed by atoms with Crippen LogP contribution in [0.5, 0.6) is 0 Å². The Bertz CT molecular complexity index is 1220. The van der Waals surface area contributed by atoms with Gasteiger partial charge in [0, 0.05) is 42.0 Å². The largest absolute Gasteiger partial charge is 0.370 e. The van der Waals surface area contributed by atoms with Gasteiger partial charge in [0.15, 0.2) is 5.78 Å². The molecule has 0 atom stereocenters. The Morgan fingerprint density at radius 1 is 0.879 bits per heavy atom. The van der Waals surface area contributed by atoms with Crippen LogP contribution in [0.3, 0.4) is 0 Å². The van der Waals surface area contributed by atoms with Crippen molar-refractivity contribution in [2.24, 2.45) is 0 Å². The van der Waals surface area contributed by atoms with Crippen LogP contribution in [0.4, 0.5) is 17.2 Å². The average molecular weight is 439 g/mol. The molecule has 0 bridgehead atoms. The zero-order valence-electron chi connectivity index (χ0n) is 19.3. The van der Waals surface area contributed by atoms with E-state index in [2.05, 4.69) is 45.7 Å². The van der Waals surface area contributed by atoms with E-state index in [0.29, 0.717) is 12.0 Å². The van der Waals surface area contributed by atoms with Gasteiger partial charge in [-0.1, -0.05) is 44.5 Å². The summed E-state index contributed by atoms with van der Waals surface area (Å²) in [7, 11) is 0. The molecule has 5 nitrogen and oxygen atoms in total. The summed E-state index contributed by atoms with van der Waals surface area (Å²) in [5.74, 6) is 0.980. The maximum atomic E-state index is 12.9. The normalized spacial score (nSPS) is 10.8. The van der Waals surface area contributed by atoms with E-state index in [1.54, 1.807) is 6.20 Å². The summed E-state index contributed by atoms with van der Waals surface area (Å²) in [4.78, 5) is 22.1. The van der Waals surface area contributed by atoms with Crippen molar-refractivity contribution >= 4 is 33.9 Å². The third-order valence-electron chi connectivity index (χ3n) is 5.62. The maximum absolute atomic E-state index is 12.9. The molecule has 33 heavy (non-hydrogen) atoms. The van der Waals surface area contributed by atoms with Gasteiger partial charge in [0.1, 0.15) is 5.82 Å². The quantitative estimate of drug-likeness (QED) is 0.202. The lowest BCUT2D eigenvalue weighted by Crippen LogP contribution is -2.05. The number of rotatable bonds is 10. The third-order valence-corrected chi connectivity index (χ3v) is 5.62. The van der Waals surface area contributed by atoms with Crippen LogP contribution in [-0.4, -0.2) is 22.3 Å². The first kappa shape index (κ1) is 22.5. The molecular weight excluding hydrogens is 408 g/mol. The molecule has 0 saturated heterocycles. The van der Waals surface area contributed by atoms with Crippen molar-refractivity contribution in [3.63, 3.8) is 0 Å². The van der Waals surface area contributed by atoms with Crippen LogP contribution in [0, 0.1) is 0 Å². The van der Waals surface area contributed by atoms with Crippen LogP contribution in [0.2, 0.25) is 0 Å². The number of ketones is 1. The molecule has 0 fully saturated rings. The van der Waals surface area contributed by atoms with Gasteiger partial charge in [-0.15, -0.1) is 0 Å². The lowest BCUT2D eigenvalue weighted by atomic mass is 9.99. The van der Waals surface area contributed by atoms with Gasteiger partial charge in [0.25, 0.3) is 0 Å². The first-order valence-corrected chi connectivity index (χ1v) is 11.7. The van der Waals surface area contributed by atoms with Gasteiger partial charge in [-0.05, 0) is 54.8 Å². The van der Waals surface area contributed by atoms with Crippen molar-refractivity contribution in [2.45, 2.75) is 39.5 Å². The predicted molar refractivity (Wildman–Crippen MR) is 137 cm³/mol. The fourth-order valence-electron chi connectivity index (χ4n) is 3.81. The summed E-state index contributed by atoms with van der Waals surface area (Å²) in [6.07, 6.45) is 7.15. The van der Waals surface area contributed by atoms with Gasteiger partial charge in [0.2, 0.25) is 0 Å². The van der Waals surface area contributed by atoms with Gasteiger partial charge in [-0.2, -0.15) is 0 Å². The molecule has 4 aromatic rings. The molecule has 168 valence electrons. The summed E-state index contributed by atoms with van der Waals surface area (Å²) < 4.78 is 0. The smallest absolute Gasteiger partial charge is 0.166 e. The van der Waals surface area contributed by atoms with Gasteiger partial charge in [-0.3, -0.25) is 9.78 Å². The van der Waals surface area contributed by atoms with Crippen LogP contribution in [0.1, 0.15) is 49.9 Å². The highest BCUT2D eigenvalue weighted by molar-refractivity contribution is 6.09. The summed E-state index contributed by atoms with van der Waals surface area (Å²) in [5.41, 5.74) is 5.26. The highest BCUT2D eigenvalue weighted by atomic mass is 16.1. The number of nitrogens with zero attached hydrogens (tertiary/aromatic N) is 2. The molecule has 2 aromatic heterocycles. The Balaban J connectivity index is 1.74. The van der Waals surface area contributed by atoms with Gasteiger partial charge >= 0.3 is 0 Å². The molecular formula is C28H30N4O. The summed E-state index contributed by atoms with van der Waals surface area (Å²) in [6, 6.07) is 20.2. The number of carbonyl (C=O) groups is 1. The third kappa shape index (κ3) is 5.37. The Morgan fingerprint density at radius 3 is 2.42 bits per heavy atom. The van der Waals surface area contributed by atoms with E-state index in [1.807, 2.05) is 55.6 Å². The Labute approximate surface area is 195 Å². The minimum atomic E-state index is 0.0971. The topological polar surface area (TPSA) is 66.9 Å². The number of benzene rings is 2. The molecule has 0 aliphatic heterocycles. The zero-order valence-corrected chi connectivity index (χ0v) is 19.3. The summed E-state index contributed by atoms with van der Waals surface area (Å²) >= 11 is 0. The number of pyridine rings is 2. The molecule has 0 aliphatic rings. The Hall–Kier alpha value is -3.73. The SMILES string of the molecule is CCCCNc1ccc(-c2ccc3ncc(C(=O)CCC)c(Nc4ccccc4)c3c2)cn1. The van der Waals surface area contributed by atoms with Crippen molar-refractivity contribution in [3.8, 4) is 11.1 Å². The number of unbranched alkanes of at least 4 members (excludes halogenated alkanes) is 1. The van der Waals surface area contributed by atoms with Crippen molar-refractivity contribution in [2.75, 3.05) is 17.2 Å². The van der Waals surface area contributed by atoms with Gasteiger partial charge in [0.05, 0.1) is 16.8 Å². The molecule has 0 saturated carbocycles. The summed E-state index contributed by atoms with van der Waals surface area (Å²) in [5, 5.41) is 7.76. The molecule has 2 aromatic carbocycles. The number of fused-ring (bicyclic) bond motifs is 1. The highest BCUT2D eigenvalue weighted by Crippen LogP contribution is 2.33. The number of nitrogens with one attached hydrogen (secondary N) is 2. The van der Waals surface area contributed by atoms with E-state index in [9.17, 15) is 4.79 Å². The number of aromatic nitrogens is 2. The minimum absolute atomic E-state index is 0.0971. The molecule has 2 N–H and O–H groups in total. The van der Waals surface area contributed by atoms with Crippen molar-refractivity contribution in [1.82, 2.24) is 9.97 Å². The van der Waals surface area contributed by atoms with E-state index in [4.69, 9.17) is 0 Å². The van der Waals surface area contributed by atoms with Crippen LogP contribution in [-0.2, 0) is 0 Å². The second-order valence-corrected chi connectivity index (χ2v) is 8.16. The molecule has 0 unspecified atom stereocenters. The lowest BCUT2D eigenvalue weighted by Gasteiger charge is -2.15. The van der Waals surface area contributed by atoms with E-state index in [1.165, 1.54) is 0 Å². The van der Waals surface area contributed by atoms with Crippen LogP contribution in [0.25, 0.3) is 22.0 Å². The number of hydrogen-bond donors (Lipinski definition) is 2. The van der Waals surface area contributed by atoms with E-state index >= 15 is 0 Å². The molecule has 2 heterocycles. The molecule has 0 spiro atoms. The van der Waals surface area contributed by atoms with Crippen molar-refractivity contribution < 1.29 is 4.79 Å². The number of hydrogen-bond acceptors (Lipinski definition) is 5. The van der Waals surface area contributed by atoms with Crippen molar-refractivity contribution in [3.05, 3.63) is 78.6 Å². The highest BCUT2D eigenvalue weighted by Gasteiger charge is 2.16. The van der Waals surface area contributed by atoms with E-state index < -0.39 is 0 Å². The lowest BCUT2D eigenvalue weighted by molar-refractivity contribution is 0.0982. The second-order valence-electron chi connectivity index (χ2n) is 8.16. The first-order chi connectivity index (χ1) is 16.2. The number of anilines is 3. The Morgan fingerprint density at radius 2 is 1.70 bits per heavy atom. The fourth-order valence-corrected chi connectivity index (χ4v) is 3.81. The molecule has 0 amide bonds. The van der Waals surface area contributed by atoms with Gasteiger partial charge in [-0.25, -0.2) is 4.98 Å². The number of carbonyl (C=O) groups excluding carboxylic acids is 1. The molecule has 0 radical (unpaired) electrons. The monoisotopic (exact) mass is 438 g/mol. The number of Topliss-reactive ketones (excluding diaryl/α,β-unsaturated/α-hetero) is 1. The zero-order chi connectivity index (χ0) is 23.0. The summed E-state index contributed by atoms with van der Waals surface area (Å²) in [6.45, 7) is 5.12. The molecule has 0 aliphatic carbocycles. The molecule has 5 heteroatoms. The average Bonchev–Trinajstić information content (AvgIpc) is 2.85. The molecule has 4 rings (SSSR count). The maximum Gasteiger partial charge on any atom is 0.166 e. The predicted octanol–water partition coefficient (Wildman–Crippen LogP) is 7.24. The second kappa shape index (κ2) is 10.7. The van der Waals surface area contributed by atoms with Crippen LogP contribution >= 0.6 is 0 Å². The van der Waals surface area contributed by atoms with E-state index in [-0.39, 0.29) is 5.78 Å². The van der Waals surface area contributed by atoms with Crippen LogP contribution < -0.4 is 10.6 Å². The minimum Gasteiger partial charge on any atom is -0.370 e. The van der Waals surface area contributed by atoms with Crippen LogP contribution in [0.15, 0.2) is 73.1 Å². The first-order valence-electron chi connectivity index (χ1n) is 11.7. The van der Waals surface area contributed by atoms with Gasteiger partial charge < -0.3 is 10.6 Å². The Kier molecular flexibility index (Phi) is 7.30. The fraction of sp³-hybridized carbons (Fsp3) is 0.250. The van der Waals surface area contributed by atoms with Crippen molar-refractivity contribution in [1.29, 1.82) is 0 Å². The number of para-hydroxylation sites is 1. The standard InChI is InChI=1S/C28H30N4O/c1-3-5-16-29-27-15-13-21(18-31-27)20-12-14-25-23(17-20)28(32-22-10-7-6-8-11-22)24(19-30-25)26(33)9-4-2/h6-8,10-15,17-19H,3-5,9,16H2,1-2H3,(H,29,31)(H,30,32). The van der Waals surface area contributed by atoms with E-state index in [0.717, 1.165) is 65.0 Å².